The number of aromatic nitrogens is 3. The van der Waals surface area contributed by atoms with Gasteiger partial charge in [-0.2, -0.15) is 10.2 Å². The molecular formula is C40H56FN7O2. The van der Waals surface area contributed by atoms with Gasteiger partial charge in [0, 0.05) is 26.4 Å². The smallest absolute Gasteiger partial charge is 0.276 e. The molecule has 2 aliphatic heterocycles. The molecule has 2 aliphatic rings. The van der Waals surface area contributed by atoms with Crippen LogP contribution in [-0.4, -0.2) is 57.7 Å². The van der Waals surface area contributed by atoms with E-state index in [2.05, 4.69) is 39.5 Å². The highest BCUT2D eigenvalue weighted by molar-refractivity contribution is 6.47. The number of carbonyl (C=O) groups is 1. The first-order valence-corrected chi connectivity index (χ1v) is 19.0. The molecule has 4 heterocycles. The maximum absolute atomic E-state index is 14.0. The summed E-state index contributed by atoms with van der Waals surface area (Å²) in [7, 11) is 1.82. The Balaban J connectivity index is 0.989. The van der Waals surface area contributed by atoms with Gasteiger partial charge >= 0.3 is 0 Å². The summed E-state index contributed by atoms with van der Waals surface area (Å²) in [4.78, 5) is 20.3. The molecule has 0 spiro atoms. The lowest BCUT2D eigenvalue weighted by Gasteiger charge is -2.26. The lowest BCUT2D eigenvalue weighted by atomic mass is 10.0. The Morgan fingerprint density at radius 2 is 1.74 bits per heavy atom. The highest BCUT2D eigenvalue weighted by atomic mass is 19.1. The van der Waals surface area contributed by atoms with Gasteiger partial charge < -0.3 is 15.0 Å². The van der Waals surface area contributed by atoms with Crippen molar-refractivity contribution in [2.75, 3.05) is 30.4 Å². The number of hydrogen-bond acceptors (Lipinski definition) is 7. The third kappa shape index (κ3) is 11.0. The Morgan fingerprint density at radius 3 is 2.48 bits per heavy atom. The third-order valence-electron chi connectivity index (χ3n) is 9.61. The predicted octanol–water partition coefficient (Wildman–Crippen LogP) is 9.39. The van der Waals surface area contributed by atoms with Crippen molar-refractivity contribution in [1.82, 2.24) is 19.6 Å². The van der Waals surface area contributed by atoms with E-state index in [0.717, 1.165) is 43.6 Å². The van der Waals surface area contributed by atoms with E-state index in [-0.39, 0.29) is 29.7 Å². The van der Waals surface area contributed by atoms with Crippen molar-refractivity contribution in [3.63, 3.8) is 0 Å². The molecule has 0 saturated carbocycles. The van der Waals surface area contributed by atoms with Crippen LogP contribution in [0.25, 0.3) is 5.65 Å². The molecule has 0 radical (unpaired) electrons. The fourth-order valence-electron chi connectivity index (χ4n) is 6.79. The number of amides is 1. The molecule has 5 rings (SSSR count). The number of hydrazone groups is 1. The Morgan fingerprint density at radius 1 is 1.00 bits per heavy atom. The Bertz CT molecular complexity index is 1580. The van der Waals surface area contributed by atoms with Gasteiger partial charge in [0.05, 0.1) is 12.2 Å². The molecule has 2 aromatic heterocycles. The molecule has 9 nitrogen and oxygen atoms in total. The summed E-state index contributed by atoms with van der Waals surface area (Å²) >= 11 is 0. The van der Waals surface area contributed by atoms with Gasteiger partial charge in [0.2, 0.25) is 0 Å². The van der Waals surface area contributed by atoms with Crippen LogP contribution >= 0.6 is 0 Å². The van der Waals surface area contributed by atoms with Gasteiger partial charge in [0.1, 0.15) is 23.0 Å². The summed E-state index contributed by atoms with van der Waals surface area (Å²) in [6.07, 6.45) is 31.2. The number of benzene rings is 1. The summed E-state index contributed by atoms with van der Waals surface area (Å²) in [5.41, 5.74) is 2.25. The molecule has 10 heteroatoms. The molecular weight excluding hydrogens is 629 g/mol. The monoisotopic (exact) mass is 685 g/mol. The maximum Gasteiger partial charge on any atom is 0.276 e. The second-order valence-corrected chi connectivity index (χ2v) is 13.6. The van der Waals surface area contributed by atoms with Gasteiger partial charge in [-0.15, -0.1) is 0 Å². The van der Waals surface area contributed by atoms with E-state index in [0.29, 0.717) is 17.9 Å². The van der Waals surface area contributed by atoms with Crippen LogP contribution in [0.5, 0.6) is 0 Å². The van der Waals surface area contributed by atoms with Crippen molar-refractivity contribution in [1.29, 1.82) is 0 Å². The topological polar surface area (TPSA) is 87.4 Å². The Labute approximate surface area is 297 Å². The first-order valence-electron chi connectivity index (χ1n) is 19.0. The number of ether oxygens (including phenoxy) is 1. The quantitative estimate of drug-likeness (QED) is 0.0888. The van der Waals surface area contributed by atoms with Crippen molar-refractivity contribution in [3.05, 3.63) is 78.4 Å². The van der Waals surface area contributed by atoms with E-state index in [9.17, 15) is 9.18 Å². The summed E-state index contributed by atoms with van der Waals surface area (Å²) in [6, 6.07) is 8.71. The number of hydrogen-bond donors (Lipinski definition) is 1. The van der Waals surface area contributed by atoms with E-state index < -0.39 is 0 Å². The maximum atomic E-state index is 14.0. The van der Waals surface area contributed by atoms with E-state index in [1.807, 2.05) is 31.5 Å². The number of carbonyl (C=O) groups excluding carboxylic acids is 1. The lowest BCUT2D eigenvalue weighted by molar-refractivity contribution is -0.110. The molecule has 1 N–H and O–H groups in total. The number of likely N-dealkylation sites (N-methyl/N-ethyl adjacent to an activating group) is 1. The summed E-state index contributed by atoms with van der Waals surface area (Å²) in [5.74, 6) is 0.174. The predicted molar refractivity (Wildman–Crippen MR) is 201 cm³/mol. The number of allylic oxidation sites excluding steroid dienone is 2. The Hall–Kier alpha value is -4.05. The van der Waals surface area contributed by atoms with E-state index in [1.165, 1.54) is 83.1 Å². The number of anilines is 2. The van der Waals surface area contributed by atoms with Crippen LogP contribution < -0.4 is 10.2 Å². The van der Waals surface area contributed by atoms with Gasteiger partial charge in [-0.05, 0) is 80.9 Å². The van der Waals surface area contributed by atoms with Crippen LogP contribution in [0.1, 0.15) is 121 Å². The van der Waals surface area contributed by atoms with Crippen LogP contribution in [-0.2, 0) is 9.53 Å². The summed E-state index contributed by atoms with van der Waals surface area (Å²) in [6.45, 7) is 3.74. The van der Waals surface area contributed by atoms with Gasteiger partial charge in [0.15, 0.2) is 11.9 Å². The lowest BCUT2D eigenvalue weighted by Crippen LogP contribution is -2.35. The van der Waals surface area contributed by atoms with E-state index in [1.54, 1.807) is 33.9 Å². The van der Waals surface area contributed by atoms with Crippen LogP contribution in [0, 0.1) is 5.82 Å². The summed E-state index contributed by atoms with van der Waals surface area (Å²) < 4.78 is 21.7. The van der Waals surface area contributed by atoms with Gasteiger partial charge in [-0.1, -0.05) is 89.0 Å². The van der Waals surface area contributed by atoms with Crippen molar-refractivity contribution in [2.45, 2.75) is 122 Å². The molecule has 0 aliphatic carbocycles. The molecule has 1 unspecified atom stereocenters. The number of unbranched alkanes of at least 4 members (excludes halogenated alkanes) is 12. The second-order valence-electron chi connectivity index (χ2n) is 13.6. The molecule has 1 amide bonds. The third-order valence-corrected chi connectivity index (χ3v) is 9.61. The molecule has 270 valence electrons. The summed E-state index contributed by atoms with van der Waals surface area (Å²) in [5, 5.41) is 13.5. The van der Waals surface area contributed by atoms with Crippen molar-refractivity contribution < 1.29 is 13.9 Å². The minimum Gasteiger partial charge on any atom is -0.353 e. The van der Waals surface area contributed by atoms with Crippen LogP contribution in [0.4, 0.5) is 15.9 Å². The van der Waals surface area contributed by atoms with Crippen molar-refractivity contribution >= 4 is 28.8 Å². The number of nitrogens with zero attached hydrogens (tertiary/aromatic N) is 6. The van der Waals surface area contributed by atoms with E-state index >= 15 is 0 Å². The minimum absolute atomic E-state index is 0.0379. The zero-order chi connectivity index (χ0) is 35.0. The number of halogens is 1. The molecule has 3 aromatic rings. The van der Waals surface area contributed by atoms with Crippen molar-refractivity contribution in [2.24, 2.45) is 5.10 Å². The fourth-order valence-corrected chi connectivity index (χ4v) is 6.79. The first-order chi connectivity index (χ1) is 24.5. The highest BCUT2D eigenvalue weighted by Gasteiger charge is 2.28. The SMILES string of the molecule is CCCCCCCC/C=C\CCCCCCCCO[C@@H]1C=CC(C(=O)Nc2cnn3ccc(N4CCCC4c4cccc(F)c4)nc23)=NN1C. The van der Waals surface area contributed by atoms with Crippen LogP contribution in [0.2, 0.25) is 0 Å². The highest BCUT2D eigenvalue weighted by Crippen LogP contribution is 2.36. The minimum atomic E-state index is -0.347. The van der Waals surface area contributed by atoms with Gasteiger partial charge in [0.25, 0.3) is 5.91 Å². The standard InChI is InChI=1S/C40H56FN7O2/c1-3-4-5-6-7-8-9-10-11-12-13-14-15-16-17-18-29-50-38-25-24-34(45-46(38)2)40(49)43-35-31-42-48-28-26-37(44-39(35)48)47-27-20-23-36(47)32-21-19-22-33(41)30-32/h10-11,19,21-22,24-26,28,30-31,36,38H,3-9,12-18,20,23,27,29H2,1-2H3,(H,43,49)/b11-10-/t36?,38-/m1/s1. The van der Waals surface area contributed by atoms with Crippen LogP contribution in [0.15, 0.2) is 72.1 Å². The van der Waals surface area contributed by atoms with Gasteiger partial charge in [-0.25, -0.2) is 13.9 Å². The first kappa shape index (κ1) is 37.2. The normalized spacial score (nSPS) is 17.7. The van der Waals surface area contributed by atoms with Crippen molar-refractivity contribution in [3.8, 4) is 0 Å². The fraction of sp³-hybridized carbons (Fsp3) is 0.550. The molecule has 50 heavy (non-hydrogen) atoms. The Kier molecular flexibility index (Phi) is 14.9. The molecule has 1 aromatic carbocycles. The zero-order valence-corrected chi connectivity index (χ0v) is 30.1. The number of rotatable bonds is 21. The number of nitrogens with one attached hydrogen (secondary N) is 1. The van der Waals surface area contributed by atoms with E-state index in [4.69, 9.17) is 9.72 Å². The zero-order valence-electron chi connectivity index (χ0n) is 30.1. The largest absolute Gasteiger partial charge is 0.353 e. The average Bonchev–Trinajstić information content (AvgIpc) is 3.77. The number of fused-ring (bicyclic) bond motifs is 1. The molecule has 1 saturated heterocycles. The van der Waals surface area contributed by atoms with Gasteiger partial charge in [-0.3, -0.25) is 9.80 Å². The molecule has 0 bridgehead atoms. The molecule has 2 atom stereocenters. The van der Waals surface area contributed by atoms with Crippen LogP contribution in [0.3, 0.4) is 0 Å². The second kappa shape index (κ2) is 20.0. The molecule has 1 fully saturated rings. The average molecular weight is 686 g/mol.